The van der Waals surface area contributed by atoms with Gasteiger partial charge in [0.15, 0.2) is 0 Å². The molecule has 0 fully saturated rings. The second-order valence-electron chi connectivity index (χ2n) is 44.5. The van der Waals surface area contributed by atoms with Crippen LogP contribution in [0, 0.1) is 0 Å². The van der Waals surface area contributed by atoms with Gasteiger partial charge in [0.05, 0.1) is 27.7 Å². The zero-order valence-corrected chi connectivity index (χ0v) is 77.5. The summed E-state index contributed by atoms with van der Waals surface area (Å²) in [6.07, 6.45) is 9.03. The number of aliphatic imine (C=N–C) groups is 5. The molecule has 5 N–H and O–H groups in total. The van der Waals surface area contributed by atoms with Gasteiger partial charge in [-0.3, -0.25) is 25.0 Å². The smallest absolute Gasteiger partial charge is 0.128 e. The van der Waals surface area contributed by atoms with E-state index in [4.69, 9.17) is 0 Å². The van der Waals surface area contributed by atoms with E-state index in [9.17, 15) is 25.5 Å². The summed E-state index contributed by atoms with van der Waals surface area (Å²) in [6.45, 7) is 95.5. The van der Waals surface area contributed by atoms with Crippen LogP contribution in [0.2, 0.25) is 0 Å². The van der Waals surface area contributed by atoms with Crippen molar-refractivity contribution in [3.05, 3.63) is 144 Å². The van der Waals surface area contributed by atoms with Crippen molar-refractivity contribution in [1.82, 2.24) is 0 Å². The molecular weight excluding hydrogens is 1340 g/mol. The number of phenols is 5. The monoisotopic (exact) mass is 1500 g/mol. The Labute approximate surface area is 662 Å². The molecule has 0 atom stereocenters. The maximum Gasteiger partial charge on any atom is 0.128 e. The van der Waals surface area contributed by atoms with Crippen molar-refractivity contribution < 1.29 is 44.1 Å². The summed E-state index contributed by atoms with van der Waals surface area (Å²) < 4.78 is 0. The number of phenolic OH excluding ortho intramolecular Hbond substituents is 5. The molecule has 0 aliphatic rings. The third-order valence-corrected chi connectivity index (χ3v) is 17.0. The van der Waals surface area contributed by atoms with Gasteiger partial charge in [0.2, 0.25) is 0 Å². The maximum atomic E-state index is 10.6. The van der Waals surface area contributed by atoms with Gasteiger partial charge in [0.25, 0.3) is 0 Å². The van der Waals surface area contributed by atoms with Gasteiger partial charge in [-0.2, -0.15) is 0 Å². The molecule has 0 saturated carbocycles. The number of hydrogen-bond donors (Lipinski definition) is 5. The van der Waals surface area contributed by atoms with Crippen molar-refractivity contribution in [2.24, 2.45) is 25.0 Å². The Morgan fingerprint density at radius 2 is 0.283 bits per heavy atom. The van der Waals surface area contributed by atoms with Crippen molar-refractivity contribution in [1.29, 1.82) is 0 Å². The quantitative estimate of drug-likeness (QED) is 0.111. The van der Waals surface area contributed by atoms with Crippen LogP contribution in [0.25, 0.3) is 0 Å². The molecule has 595 valence electrons. The van der Waals surface area contributed by atoms with Crippen LogP contribution >= 0.6 is 0 Å². The normalized spacial score (nSPS) is 13.8. The van der Waals surface area contributed by atoms with Gasteiger partial charge in [-0.05, 0) is 216 Å². The van der Waals surface area contributed by atoms with Gasteiger partial charge >= 0.3 is 0 Å². The van der Waals surface area contributed by atoms with Crippen molar-refractivity contribution >= 4 is 31.1 Å². The second-order valence-corrected chi connectivity index (χ2v) is 44.5. The van der Waals surface area contributed by atoms with E-state index in [0.29, 0.717) is 28.7 Å². The summed E-state index contributed by atoms with van der Waals surface area (Å²) in [6, 6.07) is 20.9. The second kappa shape index (κ2) is 35.4. The molecule has 0 spiro atoms. The Bertz CT molecular complexity index is 3270. The Morgan fingerprint density at radius 3 is 0.358 bits per heavy atom. The van der Waals surface area contributed by atoms with Gasteiger partial charge in [0.1, 0.15) is 28.7 Å². The summed E-state index contributed by atoms with van der Waals surface area (Å²) in [5.74, 6) is 1.75. The van der Waals surface area contributed by atoms with Crippen molar-refractivity contribution in [2.75, 3.05) is 0 Å². The van der Waals surface area contributed by atoms with Crippen molar-refractivity contribution in [3.63, 3.8) is 0 Å². The zero-order valence-electron chi connectivity index (χ0n) is 76.1. The summed E-state index contributed by atoms with van der Waals surface area (Å²) in [5, 5.41) is 53.1. The van der Waals surface area contributed by atoms with E-state index >= 15 is 0 Å². The van der Waals surface area contributed by atoms with Gasteiger partial charge in [-0.1, -0.05) is 238 Å². The number of nitrogens with zero attached hydrogens (tertiary/aromatic N) is 5. The third kappa shape index (κ3) is 34.3. The van der Waals surface area contributed by atoms with Crippen LogP contribution in [0.15, 0.2) is 85.6 Å². The molecular formula is C95H155N5O5V. The maximum absolute atomic E-state index is 10.6. The average Bonchev–Trinajstić information content (AvgIpc) is 0.815. The van der Waals surface area contributed by atoms with E-state index in [1.165, 1.54) is 27.8 Å². The SMILES string of the molecule is CC(C)(C)N=Cc1cc(C(C)(C)C)cc(C(C)(C)C)c1O.CC(C)(C)N=Cc1cc(C(C)(C)C)cc(C(C)(C)C)c1O.CC(C)(C)N=Cc1cc(C(C)(C)C)cc(C(C)(C)C)c1O.CC(C)(C)N=Cc1cc(C(C)(C)C)cc(C(C)(C)C)c1O.CC(C)(C)N=Cc1cc(C(C)(C)C)cc(C(C)(C)C)c1O.[V]. The van der Waals surface area contributed by atoms with Gasteiger partial charge in [-0.25, -0.2) is 0 Å². The van der Waals surface area contributed by atoms with Crippen LogP contribution in [0.5, 0.6) is 28.7 Å². The number of aromatic hydroxyl groups is 5. The first-order valence-electron chi connectivity index (χ1n) is 38.2. The molecule has 10 nitrogen and oxygen atoms in total. The average molecular weight is 1500 g/mol. The molecule has 0 saturated heterocycles. The molecule has 106 heavy (non-hydrogen) atoms. The van der Waals surface area contributed by atoms with Crippen molar-refractivity contribution in [2.45, 2.75) is 393 Å². The molecule has 0 heterocycles. The topological polar surface area (TPSA) is 163 Å². The minimum Gasteiger partial charge on any atom is -0.507 e. The van der Waals surface area contributed by atoms with E-state index in [1.807, 2.05) is 0 Å². The molecule has 5 rings (SSSR count). The molecule has 11 heteroatoms. The van der Waals surface area contributed by atoms with Gasteiger partial charge in [0, 0.05) is 105 Å². The first-order chi connectivity index (χ1) is 46.1. The molecule has 0 aliphatic heterocycles. The van der Waals surface area contributed by atoms with Crippen LogP contribution in [-0.2, 0) is 72.7 Å². The van der Waals surface area contributed by atoms with Crippen LogP contribution in [0.4, 0.5) is 0 Å². The summed E-state index contributed by atoms with van der Waals surface area (Å²) >= 11 is 0. The summed E-state index contributed by atoms with van der Waals surface area (Å²) in [4.78, 5) is 22.7. The zero-order chi connectivity index (χ0) is 83.2. The van der Waals surface area contributed by atoms with E-state index in [1.54, 1.807) is 31.1 Å². The van der Waals surface area contributed by atoms with Crippen molar-refractivity contribution in [3.8, 4) is 28.7 Å². The van der Waals surface area contributed by atoms with Crippen LogP contribution in [-0.4, -0.2) is 84.3 Å². The predicted molar refractivity (Wildman–Crippen MR) is 464 cm³/mol. The first-order valence-corrected chi connectivity index (χ1v) is 38.2. The fraction of sp³-hybridized carbons (Fsp3) is 0.632. The fourth-order valence-electron chi connectivity index (χ4n) is 10.1. The first kappa shape index (κ1) is 100. The van der Waals surface area contributed by atoms with Gasteiger partial charge in [-0.15, -0.1) is 0 Å². The molecule has 5 aromatic rings. The largest absolute Gasteiger partial charge is 0.507 e. The Morgan fingerprint density at radius 1 is 0.179 bits per heavy atom. The summed E-state index contributed by atoms with van der Waals surface area (Å²) in [7, 11) is 0. The summed E-state index contributed by atoms with van der Waals surface area (Å²) in [5.41, 5.74) is 14.0. The molecule has 0 aliphatic carbocycles. The molecule has 0 aromatic heterocycles. The van der Waals surface area contributed by atoms with E-state index in [0.717, 1.165) is 55.6 Å². The molecule has 0 amide bonds. The fourth-order valence-corrected chi connectivity index (χ4v) is 10.1. The van der Waals surface area contributed by atoms with Crippen LogP contribution < -0.4 is 0 Å². The molecule has 1 radical (unpaired) electrons. The predicted octanol–water partition coefficient (Wildman–Crippen LogP) is 26.0. The third-order valence-electron chi connectivity index (χ3n) is 17.0. The minimum atomic E-state index is -0.147. The number of benzene rings is 5. The van der Waals surface area contributed by atoms with Crippen LogP contribution in [0.3, 0.4) is 0 Å². The number of hydrogen-bond acceptors (Lipinski definition) is 10. The Balaban J connectivity index is 0.00000130. The molecule has 0 unspecified atom stereocenters. The molecule has 0 bridgehead atoms. The number of rotatable bonds is 5. The van der Waals surface area contributed by atoms with E-state index in [2.05, 4.69) is 397 Å². The Kier molecular flexibility index (Phi) is 33.4. The van der Waals surface area contributed by atoms with Gasteiger partial charge < -0.3 is 25.5 Å². The standard InChI is InChI=1S/5C19H31NO.V/c5*1-17(2,3)14-10-13(12-20-19(7,8)9)16(21)15(11-14)18(4,5)6;/h5*10-12,21H,1-9H3;. The van der Waals surface area contributed by atoms with E-state index < -0.39 is 0 Å². The molecule has 5 aromatic carbocycles. The Hall–Kier alpha value is -5.97. The van der Waals surface area contributed by atoms with Crippen LogP contribution in [0.1, 0.15) is 395 Å². The minimum absolute atomic E-state index is 0. The van der Waals surface area contributed by atoms with E-state index in [-0.39, 0.29) is 100 Å².